The number of halogens is 6. The third-order valence-electron chi connectivity index (χ3n) is 8.49. The molecule has 4 aromatic carbocycles. The van der Waals surface area contributed by atoms with Crippen LogP contribution in [0.5, 0.6) is 11.5 Å². The summed E-state index contributed by atoms with van der Waals surface area (Å²) in [7, 11) is -2.25. The molecule has 5 rings (SSSR count). The third-order valence-corrected chi connectivity index (χ3v) is 10.5. The minimum atomic E-state index is -5.08. The summed E-state index contributed by atoms with van der Waals surface area (Å²) in [5.41, 5.74) is 8.56. The highest BCUT2D eigenvalue weighted by Gasteiger charge is 2.40. The van der Waals surface area contributed by atoms with Crippen LogP contribution >= 0.6 is 23.2 Å². The Labute approximate surface area is 329 Å². The van der Waals surface area contributed by atoms with Crippen molar-refractivity contribution >= 4 is 62.6 Å². The number of nitrogens with zero attached hydrogens (tertiary/aromatic N) is 2. The number of piperidine rings is 1. The van der Waals surface area contributed by atoms with E-state index < -0.39 is 40.2 Å². The van der Waals surface area contributed by atoms with Crippen molar-refractivity contribution in [1.82, 2.24) is 0 Å². The standard InChI is InChI=1S/C35H33Cl2FN4O6S.C2HF3O2/c1-42(21-24-4-9-26(38)10-5-24)18-2-3-28(22-42)41(32(34(39)44)19-23-6-13-29(43)14-7-23)35(45)40-27-11-15-30(16-12-27)48-49(46,47)33-17-8-25(36)20-31(33)37;3-2(4,5)1(6)7/h4-17,20,32H,2-3,18-19,21-22H2,1H3,(H2-2,39,40,43,44,45);(H,6,7)/p+2/b41-28+;/t32-,42?;/m0./s1. The monoisotopic (exact) mass is 842 g/mol. The van der Waals surface area contributed by atoms with Gasteiger partial charge in [-0.1, -0.05) is 47.5 Å². The number of carboxylic acid groups (broad SMARTS) is 1. The lowest BCUT2D eigenvalue weighted by molar-refractivity contribution is -0.918. The number of urea groups is 1. The van der Waals surface area contributed by atoms with E-state index in [4.69, 9.17) is 43.0 Å². The molecule has 0 bridgehead atoms. The van der Waals surface area contributed by atoms with Gasteiger partial charge in [0, 0.05) is 29.8 Å². The van der Waals surface area contributed by atoms with Crippen LogP contribution < -0.4 is 15.2 Å². The highest BCUT2D eigenvalue weighted by atomic mass is 35.5. The maximum Gasteiger partial charge on any atom is 0.496 e. The Morgan fingerprint density at radius 2 is 1.55 bits per heavy atom. The Morgan fingerprint density at radius 1 is 0.964 bits per heavy atom. The van der Waals surface area contributed by atoms with Crippen molar-refractivity contribution < 1.29 is 63.8 Å². The smallest absolute Gasteiger partial charge is 0.496 e. The first-order chi connectivity index (χ1) is 26.2. The number of rotatable bonds is 10. The Kier molecular flexibility index (Phi) is 14.1. The number of primary amides is 1. The lowest BCUT2D eigenvalue weighted by Gasteiger charge is -2.38. The van der Waals surface area contributed by atoms with E-state index in [2.05, 4.69) is 5.32 Å². The Bertz CT molecular complexity index is 2210. The van der Waals surface area contributed by atoms with Gasteiger partial charge in [-0.25, -0.2) is 14.5 Å². The van der Waals surface area contributed by atoms with Gasteiger partial charge < -0.3 is 24.6 Å². The van der Waals surface area contributed by atoms with Crippen molar-refractivity contribution in [1.29, 1.82) is 0 Å². The molecule has 19 heteroatoms. The predicted molar refractivity (Wildman–Crippen MR) is 199 cm³/mol. The molecule has 5 N–H and O–H groups in total. The molecule has 298 valence electrons. The summed E-state index contributed by atoms with van der Waals surface area (Å²) in [4.78, 5) is 35.8. The van der Waals surface area contributed by atoms with E-state index in [0.717, 1.165) is 18.5 Å². The highest BCUT2D eigenvalue weighted by Crippen LogP contribution is 2.29. The molecule has 1 heterocycles. The maximum absolute atomic E-state index is 14.1. The number of anilines is 1. The molecule has 0 spiro atoms. The predicted octanol–water partition coefficient (Wildman–Crippen LogP) is 6.76. The molecule has 1 unspecified atom stereocenters. The summed E-state index contributed by atoms with van der Waals surface area (Å²) in [6, 6.07) is 20.5. The quantitative estimate of drug-likeness (QED) is 0.0586. The van der Waals surface area contributed by atoms with E-state index >= 15 is 0 Å². The van der Waals surface area contributed by atoms with Gasteiger partial charge >= 0.3 is 28.3 Å². The van der Waals surface area contributed by atoms with Crippen LogP contribution in [0.3, 0.4) is 0 Å². The van der Waals surface area contributed by atoms with Crippen LogP contribution in [0.4, 0.5) is 28.0 Å². The van der Waals surface area contributed by atoms with Crippen molar-refractivity contribution in [3.05, 3.63) is 118 Å². The van der Waals surface area contributed by atoms with Crippen LogP contribution in [-0.2, 0) is 32.7 Å². The zero-order chi connectivity index (χ0) is 41.4. The van der Waals surface area contributed by atoms with Crippen LogP contribution in [0.25, 0.3) is 0 Å². The molecule has 4 aromatic rings. The van der Waals surface area contributed by atoms with Crippen LogP contribution in [0, 0.1) is 5.82 Å². The summed E-state index contributed by atoms with van der Waals surface area (Å²) in [5.74, 6) is -3.78. The number of aliphatic carboxylic acids is 1. The van der Waals surface area contributed by atoms with Crippen LogP contribution in [0.15, 0.2) is 95.9 Å². The number of nitrogens with two attached hydrogens (primary N) is 1. The molecule has 3 amide bonds. The van der Waals surface area contributed by atoms with Crippen LogP contribution in [0.1, 0.15) is 24.0 Å². The van der Waals surface area contributed by atoms with Crippen molar-refractivity contribution in [2.24, 2.45) is 5.73 Å². The number of alkyl halides is 3. The number of carbonyl (C=O) groups is 3. The molecule has 1 aliphatic rings. The number of nitrogens with one attached hydrogen (secondary N) is 1. The van der Waals surface area contributed by atoms with E-state index in [-0.39, 0.29) is 38.7 Å². The topological polar surface area (TPSA) is 176 Å². The van der Waals surface area contributed by atoms with Crippen LogP contribution in [0.2, 0.25) is 10.0 Å². The number of likely N-dealkylation sites (tertiary alicyclic amines) is 1. The zero-order valence-electron chi connectivity index (χ0n) is 29.5. The SMILES string of the molecule is C[N+]1(Cc2ccc(F)cc2)CCC/C(=[N+](\C(=O)Nc2ccc(OS(=O)(=O)c3ccc(Cl)cc3Cl)cc2)[C@@H](Cc2ccc(O)cc2)C(N)=O)C1.O=C(O)C(F)(F)F. The lowest BCUT2D eigenvalue weighted by Crippen LogP contribution is -2.56. The molecule has 0 aromatic heterocycles. The van der Waals surface area contributed by atoms with Crippen molar-refractivity contribution in [3.63, 3.8) is 0 Å². The van der Waals surface area contributed by atoms with E-state index in [1.165, 1.54) is 71.3 Å². The Morgan fingerprint density at radius 3 is 2.11 bits per heavy atom. The average Bonchev–Trinajstić information content (AvgIpc) is 3.10. The fourth-order valence-corrected chi connectivity index (χ4v) is 7.61. The number of hydrogen-bond donors (Lipinski definition) is 4. The van der Waals surface area contributed by atoms with Gasteiger partial charge in [0.15, 0.2) is 6.04 Å². The molecular weight excluding hydrogens is 807 g/mol. The second kappa shape index (κ2) is 18.1. The molecule has 1 fully saturated rings. The number of aromatic hydroxyl groups is 1. The van der Waals surface area contributed by atoms with Gasteiger partial charge in [0.2, 0.25) is 0 Å². The average molecular weight is 844 g/mol. The molecule has 12 nitrogen and oxygen atoms in total. The fourth-order valence-electron chi connectivity index (χ4n) is 5.93. The van der Waals surface area contributed by atoms with E-state index in [0.29, 0.717) is 41.0 Å². The summed E-state index contributed by atoms with van der Waals surface area (Å²) < 4.78 is 78.2. The molecule has 1 aliphatic heterocycles. The summed E-state index contributed by atoms with van der Waals surface area (Å²) in [6.45, 7) is 1.78. The van der Waals surface area contributed by atoms with Gasteiger partial charge in [-0.3, -0.25) is 4.79 Å². The number of phenols is 1. The molecule has 0 aliphatic carbocycles. The van der Waals surface area contributed by atoms with Crippen LogP contribution in [-0.4, -0.2) is 83.7 Å². The third kappa shape index (κ3) is 12.1. The zero-order valence-corrected chi connectivity index (χ0v) is 31.8. The van der Waals surface area contributed by atoms with Gasteiger partial charge in [0.25, 0.3) is 5.91 Å². The minimum absolute atomic E-state index is 0.0290. The fraction of sp³-hybridized carbons (Fsp3) is 0.243. The second-order valence-electron chi connectivity index (χ2n) is 13.0. The second-order valence-corrected chi connectivity index (χ2v) is 15.3. The largest absolute Gasteiger partial charge is 0.508 e. The van der Waals surface area contributed by atoms with Crippen molar-refractivity contribution in [3.8, 4) is 11.5 Å². The molecule has 56 heavy (non-hydrogen) atoms. The highest BCUT2D eigenvalue weighted by molar-refractivity contribution is 7.87. The molecule has 2 atom stereocenters. The summed E-state index contributed by atoms with van der Waals surface area (Å²) in [5, 5.41) is 19.9. The Hall–Kier alpha value is -5.23. The van der Waals surface area contributed by atoms with E-state index in [1.54, 1.807) is 24.3 Å². The first-order valence-corrected chi connectivity index (χ1v) is 18.7. The number of phenolic OH excluding ortho intramolecular Hbond substituents is 1. The Balaban J connectivity index is 0.000000908. The molecule has 0 saturated carbocycles. The first kappa shape index (κ1) is 43.5. The number of quaternary nitrogens is 1. The summed E-state index contributed by atoms with van der Waals surface area (Å²) >= 11 is 12.0. The number of amides is 3. The number of carbonyl (C=O) groups excluding carboxylic acids is 2. The maximum atomic E-state index is 14.1. The van der Waals surface area contributed by atoms with Gasteiger partial charge in [-0.2, -0.15) is 31.0 Å². The van der Waals surface area contributed by atoms with E-state index in [9.17, 15) is 40.7 Å². The van der Waals surface area contributed by atoms with Gasteiger partial charge in [0.05, 0.1) is 18.6 Å². The van der Waals surface area contributed by atoms with Gasteiger partial charge in [0.1, 0.15) is 46.7 Å². The lowest BCUT2D eigenvalue weighted by atomic mass is 10.0. The van der Waals surface area contributed by atoms with Gasteiger partial charge in [-0.05, 0) is 72.3 Å². The minimum Gasteiger partial charge on any atom is -0.508 e. The van der Waals surface area contributed by atoms with E-state index in [1.807, 2.05) is 7.05 Å². The molecule has 0 radical (unpaired) electrons. The summed E-state index contributed by atoms with van der Waals surface area (Å²) in [6.07, 6.45) is -3.74. The molecular formula is C37H36Cl2F4N4O8S+2. The van der Waals surface area contributed by atoms with Gasteiger partial charge in [-0.15, -0.1) is 0 Å². The van der Waals surface area contributed by atoms with Crippen molar-refractivity contribution in [2.75, 3.05) is 25.5 Å². The van der Waals surface area contributed by atoms with Crippen molar-refractivity contribution in [2.45, 2.75) is 42.9 Å². The molecule has 1 saturated heterocycles. The number of hydrogen-bond acceptors (Lipinski definition) is 7. The first-order valence-electron chi connectivity index (χ1n) is 16.6. The number of carboxylic acids is 1. The number of benzene rings is 4. The normalized spacial score (nSPS) is 17.1.